The molecule has 0 aliphatic rings. The van der Waals surface area contributed by atoms with E-state index in [4.69, 9.17) is 5.26 Å². The van der Waals surface area contributed by atoms with Gasteiger partial charge in [-0.15, -0.1) is 0 Å². The number of carboxylic acid groups (broad SMARTS) is 1. The van der Waals surface area contributed by atoms with E-state index in [0.717, 1.165) is 19.3 Å². The summed E-state index contributed by atoms with van der Waals surface area (Å²) in [5.41, 5.74) is 0. The quantitative estimate of drug-likeness (QED) is 0.126. The molecule has 0 spiro atoms. The number of hydrogen-bond donors (Lipinski definition) is 2. The minimum absolute atomic E-state index is 0.281. The monoisotopic (exact) mass is 406 g/mol. The maximum Gasteiger partial charge on any atom is 0.220 e. The van der Waals surface area contributed by atoms with Gasteiger partial charge in [0.25, 0.3) is 0 Å². The fourth-order valence-corrected chi connectivity index (χ4v) is 2.41. The molecular formula is C23H36NO5-. The van der Waals surface area contributed by atoms with Crippen LogP contribution in [0, 0.1) is 0 Å². The molecule has 2 N–H and O–H groups in total. The smallest absolute Gasteiger partial charge is 0.220 e. The van der Waals surface area contributed by atoms with E-state index in [1.54, 1.807) is 0 Å². The van der Waals surface area contributed by atoms with Crippen LogP contribution in [0.3, 0.4) is 0 Å². The molecule has 0 unspecified atom stereocenters. The molecule has 0 aliphatic carbocycles. The summed E-state index contributed by atoms with van der Waals surface area (Å²) < 4.78 is 0. The molecule has 0 saturated carbocycles. The number of carbonyl (C=O) groups is 2. The molecule has 0 aromatic heterocycles. The van der Waals surface area contributed by atoms with Crippen molar-refractivity contribution in [1.82, 2.24) is 5.32 Å². The first-order chi connectivity index (χ1) is 14.0. The number of unbranched alkanes of at least 4 members (excludes halogenated alkanes) is 4. The van der Waals surface area contributed by atoms with Gasteiger partial charge in [-0.2, -0.15) is 0 Å². The van der Waals surface area contributed by atoms with Crippen LogP contribution in [0.2, 0.25) is 0 Å². The van der Waals surface area contributed by atoms with Crippen LogP contribution in [0.25, 0.3) is 0 Å². The first-order valence-corrected chi connectivity index (χ1v) is 10.4. The van der Waals surface area contributed by atoms with Gasteiger partial charge >= 0.3 is 0 Å². The van der Waals surface area contributed by atoms with Crippen LogP contribution < -0.4 is 10.4 Å². The molecule has 0 bridgehead atoms. The van der Waals surface area contributed by atoms with Crippen molar-refractivity contribution in [2.24, 2.45) is 0 Å². The number of nitrogens with one attached hydrogen (secondary N) is 1. The van der Waals surface area contributed by atoms with E-state index in [0.29, 0.717) is 12.8 Å². The van der Waals surface area contributed by atoms with Crippen LogP contribution in [0.1, 0.15) is 71.6 Å². The Labute approximate surface area is 175 Å². The Morgan fingerprint density at radius 1 is 1.03 bits per heavy atom. The number of allylic oxidation sites excluding steroid dienone is 6. The predicted molar refractivity (Wildman–Crippen MR) is 114 cm³/mol. The number of amides is 1. The lowest BCUT2D eigenvalue weighted by Gasteiger charge is -2.14. The first-order valence-electron chi connectivity index (χ1n) is 10.4. The Hall–Kier alpha value is -2.18. The molecule has 0 radical (unpaired) electrons. The van der Waals surface area contributed by atoms with Gasteiger partial charge < -0.3 is 15.2 Å². The van der Waals surface area contributed by atoms with Crippen molar-refractivity contribution in [1.29, 1.82) is 0 Å². The summed E-state index contributed by atoms with van der Waals surface area (Å²) in [6.07, 6.45) is 23.2. The Bertz CT molecular complexity index is 551. The summed E-state index contributed by atoms with van der Waals surface area (Å²) in [5.74, 6) is -1.56. The molecule has 0 aliphatic heterocycles. The van der Waals surface area contributed by atoms with Crippen LogP contribution in [-0.2, 0) is 14.5 Å². The van der Waals surface area contributed by atoms with E-state index in [1.165, 1.54) is 26.2 Å². The molecule has 29 heavy (non-hydrogen) atoms. The third kappa shape index (κ3) is 17.6. The minimum atomic E-state index is -1.28. The number of hydrogen-bond acceptors (Lipinski definition) is 5. The highest BCUT2D eigenvalue weighted by Gasteiger charge is 2.06. The normalized spacial score (nSPS) is 14.3. The average Bonchev–Trinajstić information content (AvgIpc) is 2.70. The second kappa shape index (κ2) is 19.2. The summed E-state index contributed by atoms with van der Waals surface area (Å²) in [7, 11) is 0. The van der Waals surface area contributed by atoms with Gasteiger partial charge in [0.2, 0.25) is 5.91 Å². The Balaban J connectivity index is 3.86. The third-order valence-corrected chi connectivity index (χ3v) is 4.16. The average molecular weight is 407 g/mol. The molecule has 0 heterocycles. The molecule has 164 valence electrons. The molecule has 0 saturated heterocycles. The van der Waals surface area contributed by atoms with Crippen LogP contribution in [0.4, 0.5) is 0 Å². The SMILES string of the molecule is CCCCC/C=C\C[C@@H](/C=C/C=C\C/C=C\CCCC(=O)N[C@@H](C)C(=O)[O-])OO. The molecule has 0 fully saturated rings. The fourth-order valence-electron chi connectivity index (χ4n) is 2.41. The highest BCUT2D eigenvalue weighted by molar-refractivity contribution is 5.82. The van der Waals surface area contributed by atoms with Crippen molar-refractivity contribution in [3.8, 4) is 0 Å². The molecule has 1 amide bonds. The van der Waals surface area contributed by atoms with Gasteiger partial charge in [0.1, 0.15) is 6.10 Å². The molecule has 0 aromatic carbocycles. The van der Waals surface area contributed by atoms with Crippen molar-refractivity contribution in [3.05, 3.63) is 48.6 Å². The van der Waals surface area contributed by atoms with E-state index in [1.807, 2.05) is 42.5 Å². The van der Waals surface area contributed by atoms with E-state index >= 15 is 0 Å². The second-order valence-corrected chi connectivity index (χ2v) is 6.87. The lowest BCUT2D eigenvalue weighted by Crippen LogP contribution is -2.45. The molecule has 0 rings (SSSR count). The van der Waals surface area contributed by atoms with Gasteiger partial charge in [-0.1, -0.05) is 68.4 Å². The van der Waals surface area contributed by atoms with E-state index in [-0.39, 0.29) is 18.4 Å². The Morgan fingerprint density at radius 2 is 1.76 bits per heavy atom. The zero-order chi connectivity index (χ0) is 21.7. The lowest BCUT2D eigenvalue weighted by atomic mass is 10.1. The van der Waals surface area contributed by atoms with Gasteiger partial charge in [0.05, 0.1) is 12.0 Å². The van der Waals surface area contributed by atoms with Crippen molar-refractivity contribution in [3.63, 3.8) is 0 Å². The summed E-state index contributed by atoms with van der Waals surface area (Å²) >= 11 is 0. The second-order valence-electron chi connectivity index (χ2n) is 6.87. The largest absolute Gasteiger partial charge is 0.548 e. The summed E-state index contributed by atoms with van der Waals surface area (Å²) in [5, 5.41) is 21.8. The highest BCUT2D eigenvalue weighted by atomic mass is 17.1. The van der Waals surface area contributed by atoms with Crippen LogP contribution in [-0.4, -0.2) is 29.3 Å². The summed E-state index contributed by atoms with van der Waals surface area (Å²) in [6.45, 7) is 3.56. The number of aliphatic carboxylic acids is 1. The van der Waals surface area contributed by atoms with Gasteiger partial charge in [0, 0.05) is 6.42 Å². The maximum atomic E-state index is 11.5. The Kier molecular flexibility index (Phi) is 17.7. The summed E-state index contributed by atoms with van der Waals surface area (Å²) in [4.78, 5) is 26.5. The van der Waals surface area contributed by atoms with Gasteiger partial charge in [-0.25, -0.2) is 4.89 Å². The van der Waals surface area contributed by atoms with E-state index < -0.39 is 12.0 Å². The predicted octanol–water partition coefficient (Wildman–Crippen LogP) is 3.85. The van der Waals surface area contributed by atoms with Crippen molar-refractivity contribution in [2.75, 3.05) is 0 Å². The van der Waals surface area contributed by atoms with Gasteiger partial charge in [-0.05, 0) is 45.4 Å². The van der Waals surface area contributed by atoms with Crippen molar-refractivity contribution >= 4 is 11.9 Å². The van der Waals surface area contributed by atoms with Gasteiger partial charge in [-0.3, -0.25) is 10.1 Å². The topological polar surface area (TPSA) is 98.7 Å². The van der Waals surface area contributed by atoms with Crippen LogP contribution in [0.5, 0.6) is 0 Å². The zero-order valence-electron chi connectivity index (χ0n) is 17.7. The van der Waals surface area contributed by atoms with E-state index in [2.05, 4.69) is 23.2 Å². The number of carbonyl (C=O) groups excluding carboxylic acids is 2. The van der Waals surface area contributed by atoms with Crippen molar-refractivity contribution in [2.45, 2.75) is 83.8 Å². The first kappa shape index (κ1) is 26.8. The molecule has 0 aromatic rings. The van der Waals surface area contributed by atoms with Gasteiger partial charge in [0.15, 0.2) is 0 Å². The highest BCUT2D eigenvalue weighted by Crippen LogP contribution is 2.04. The standard InChI is InChI=1S/C23H37NO5/c1-3-4-5-6-11-14-17-21(29-28)18-15-12-9-7-8-10-13-16-19-22(25)24-20(2)23(26)27/h8-12,14-15,18,20-21,28H,3-7,13,16-17,19H2,1-2H3,(H,24,25)(H,26,27)/p-1/b10-8-,12-9-,14-11-,18-15+/t20-,21-/m0/s1. The van der Waals surface area contributed by atoms with E-state index in [9.17, 15) is 14.7 Å². The van der Waals surface area contributed by atoms with Crippen LogP contribution in [0.15, 0.2) is 48.6 Å². The molecule has 2 atom stereocenters. The number of rotatable bonds is 17. The Morgan fingerprint density at radius 3 is 2.45 bits per heavy atom. The van der Waals surface area contributed by atoms with Crippen molar-refractivity contribution < 1.29 is 24.8 Å². The maximum absolute atomic E-state index is 11.5. The number of carboxylic acids is 1. The van der Waals surface area contributed by atoms with Crippen LogP contribution >= 0.6 is 0 Å². The summed E-state index contributed by atoms with van der Waals surface area (Å²) in [6, 6.07) is -0.964. The fraction of sp³-hybridized carbons (Fsp3) is 0.565. The lowest BCUT2D eigenvalue weighted by molar-refractivity contribution is -0.307. The minimum Gasteiger partial charge on any atom is -0.548 e. The third-order valence-electron chi connectivity index (χ3n) is 4.16. The molecular weight excluding hydrogens is 370 g/mol. The zero-order valence-corrected chi connectivity index (χ0v) is 17.7. The molecule has 6 heteroatoms. The molecule has 6 nitrogen and oxygen atoms in total.